The Labute approximate surface area is 90.7 Å². The fraction of sp³-hybridized carbons (Fsp3) is 0.200. The van der Waals surface area contributed by atoms with Crippen LogP contribution >= 0.6 is 22.9 Å². The second-order valence-corrected chi connectivity index (χ2v) is 4.47. The van der Waals surface area contributed by atoms with Crippen molar-refractivity contribution in [2.75, 3.05) is 6.61 Å². The number of thiophene rings is 1. The molecule has 0 aliphatic rings. The lowest BCUT2D eigenvalue weighted by Gasteiger charge is -2.01. The van der Waals surface area contributed by atoms with E-state index in [0.717, 1.165) is 10.1 Å². The largest absolute Gasteiger partial charge is 0.508 e. The number of phenols is 1. The van der Waals surface area contributed by atoms with E-state index in [4.69, 9.17) is 16.3 Å². The smallest absolute Gasteiger partial charge is 0.156 e. The Morgan fingerprint density at radius 3 is 3.00 bits per heavy atom. The van der Waals surface area contributed by atoms with Gasteiger partial charge in [0.2, 0.25) is 0 Å². The molecule has 0 aliphatic heterocycles. The predicted molar refractivity (Wildman–Crippen MR) is 59.7 cm³/mol. The standard InChI is InChI=1S/C10H9ClO2S/c1-2-13-9-7-5-6(12)3-4-8(7)14-10(9)11/h3-5,12H,2H2,1H3. The van der Waals surface area contributed by atoms with Crippen LogP contribution in [0.3, 0.4) is 0 Å². The fourth-order valence-electron chi connectivity index (χ4n) is 1.31. The Hall–Kier alpha value is -0.930. The highest BCUT2D eigenvalue weighted by Gasteiger charge is 2.11. The number of aromatic hydroxyl groups is 1. The van der Waals surface area contributed by atoms with E-state index in [2.05, 4.69) is 0 Å². The second kappa shape index (κ2) is 3.67. The van der Waals surface area contributed by atoms with Crippen LogP contribution < -0.4 is 4.74 Å². The van der Waals surface area contributed by atoms with Crippen LogP contribution in [-0.2, 0) is 0 Å². The average Bonchev–Trinajstić information content (AvgIpc) is 2.45. The third-order valence-electron chi connectivity index (χ3n) is 1.87. The van der Waals surface area contributed by atoms with Gasteiger partial charge in [-0.25, -0.2) is 0 Å². The molecular formula is C10H9ClO2S. The van der Waals surface area contributed by atoms with Crippen molar-refractivity contribution < 1.29 is 9.84 Å². The molecule has 1 heterocycles. The minimum absolute atomic E-state index is 0.230. The van der Waals surface area contributed by atoms with Crippen LogP contribution in [0.5, 0.6) is 11.5 Å². The molecule has 4 heteroatoms. The van der Waals surface area contributed by atoms with Gasteiger partial charge in [0.15, 0.2) is 5.75 Å². The molecule has 14 heavy (non-hydrogen) atoms. The summed E-state index contributed by atoms with van der Waals surface area (Å²) in [5.74, 6) is 0.901. The zero-order valence-electron chi connectivity index (χ0n) is 7.58. The molecule has 1 aromatic carbocycles. The molecule has 0 amide bonds. The molecule has 74 valence electrons. The summed E-state index contributed by atoms with van der Waals surface area (Å²) in [5.41, 5.74) is 0. The SMILES string of the molecule is CCOc1c(Cl)sc2ccc(O)cc12. The molecule has 0 saturated heterocycles. The summed E-state index contributed by atoms with van der Waals surface area (Å²) in [5, 5.41) is 10.2. The van der Waals surface area contributed by atoms with Crippen LogP contribution in [0.4, 0.5) is 0 Å². The lowest BCUT2D eigenvalue weighted by atomic mass is 10.2. The second-order valence-electron chi connectivity index (χ2n) is 2.82. The molecular weight excluding hydrogens is 220 g/mol. The molecule has 1 N–H and O–H groups in total. The molecule has 0 spiro atoms. The molecule has 1 aromatic heterocycles. The van der Waals surface area contributed by atoms with Gasteiger partial charge in [0.05, 0.1) is 6.61 Å². The molecule has 0 aliphatic carbocycles. The Balaban J connectivity index is 2.66. The average molecular weight is 229 g/mol. The summed E-state index contributed by atoms with van der Waals surface area (Å²) in [6.45, 7) is 2.48. The molecule has 2 nitrogen and oxygen atoms in total. The highest BCUT2D eigenvalue weighted by atomic mass is 35.5. The molecule has 0 unspecified atom stereocenters. The van der Waals surface area contributed by atoms with Gasteiger partial charge in [0.25, 0.3) is 0 Å². The van der Waals surface area contributed by atoms with Crippen molar-refractivity contribution in [2.24, 2.45) is 0 Å². The number of hydrogen-bond donors (Lipinski definition) is 1. The summed E-state index contributed by atoms with van der Waals surface area (Å²) in [4.78, 5) is 0. The molecule has 2 aromatic rings. The van der Waals surface area contributed by atoms with Gasteiger partial charge in [-0.15, -0.1) is 11.3 Å². The van der Waals surface area contributed by atoms with Crippen molar-refractivity contribution >= 4 is 33.0 Å². The minimum atomic E-state index is 0.230. The zero-order valence-corrected chi connectivity index (χ0v) is 9.15. The molecule has 0 bridgehead atoms. The summed E-state index contributed by atoms with van der Waals surface area (Å²) in [7, 11) is 0. The molecule has 0 atom stereocenters. The first-order chi connectivity index (χ1) is 6.72. The maximum absolute atomic E-state index is 9.34. The van der Waals surface area contributed by atoms with E-state index in [9.17, 15) is 5.11 Å². The Bertz CT molecular complexity index is 464. The highest BCUT2D eigenvalue weighted by molar-refractivity contribution is 7.23. The fourth-order valence-corrected chi connectivity index (χ4v) is 2.57. The summed E-state index contributed by atoms with van der Waals surface area (Å²) < 4.78 is 7.07. The van der Waals surface area contributed by atoms with Gasteiger partial charge in [-0.3, -0.25) is 0 Å². The van der Waals surface area contributed by atoms with E-state index in [0.29, 0.717) is 16.7 Å². The van der Waals surface area contributed by atoms with Crippen molar-refractivity contribution in [2.45, 2.75) is 6.92 Å². The van der Waals surface area contributed by atoms with E-state index in [1.165, 1.54) is 11.3 Å². The number of hydrogen-bond acceptors (Lipinski definition) is 3. The number of phenolic OH excluding ortho intramolecular Hbond substituents is 1. The number of benzene rings is 1. The first-order valence-corrected chi connectivity index (χ1v) is 5.45. The number of ether oxygens (including phenoxy) is 1. The van der Waals surface area contributed by atoms with Crippen LogP contribution in [0.15, 0.2) is 18.2 Å². The highest BCUT2D eigenvalue weighted by Crippen LogP contribution is 2.42. The van der Waals surface area contributed by atoms with Crippen molar-refractivity contribution in [3.63, 3.8) is 0 Å². The monoisotopic (exact) mass is 228 g/mol. The number of fused-ring (bicyclic) bond motifs is 1. The van der Waals surface area contributed by atoms with E-state index in [-0.39, 0.29) is 5.75 Å². The van der Waals surface area contributed by atoms with Gasteiger partial charge in [-0.05, 0) is 25.1 Å². The minimum Gasteiger partial charge on any atom is -0.508 e. The Morgan fingerprint density at radius 1 is 1.50 bits per heavy atom. The molecule has 0 radical (unpaired) electrons. The first-order valence-electron chi connectivity index (χ1n) is 4.26. The van der Waals surface area contributed by atoms with E-state index in [1.54, 1.807) is 12.1 Å². The lowest BCUT2D eigenvalue weighted by Crippen LogP contribution is -1.89. The zero-order chi connectivity index (χ0) is 10.1. The maximum Gasteiger partial charge on any atom is 0.156 e. The van der Waals surface area contributed by atoms with Crippen LogP contribution in [0.1, 0.15) is 6.92 Å². The number of halogens is 1. The molecule has 2 rings (SSSR count). The van der Waals surface area contributed by atoms with E-state index in [1.807, 2.05) is 13.0 Å². The predicted octanol–water partition coefficient (Wildman–Crippen LogP) is 3.66. The lowest BCUT2D eigenvalue weighted by molar-refractivity contribution is 0.345. The van der Waals surface area contributed by atoms with Crippen molar-refractivity contribution in [1.29, 1.82) is 0 Å². The van der Waals surface area contributed by atoms with Crippen molar-refractivity contribution in [3.8, 4) is 11.5 Å². The van der Waals surface area contributed by atoms with Gasteiger partial charge < -0.3 is 9.84 Å². The van der Waals surface area contributed by atoms with Crippen molar-refractivity contribution in [1.82, 2.24) is 0 Å². The molecule has 0 saturated carbocycles. The summed E-state index contributed by atoms with van der Waals surface area (Å²) >= 11 is 7.47. The van der Waals surface area contributed by atoms with E-state index >= 15 is 0 Å². The van der Waals surface area contributed by atoms with E-state index < -0.39 is 0 Å². The van der Waals surface area contributed by atoms with Crippen molar-refractivity contribution in [3.05, 3.63) is 22.5 Å². The van der Waals surface area contributed by atoms with Crippen LogP contribution in [0.2, 0.25) is 4.34 Å². The van der Waals surface area contributed by atoms with Gasteiger partial charge in [0, 0.05) is 10.1 Å². The Morgan fingerprint density at radius 2 is 2.29 bits per heavy atom. The Kier molecular flexibility index (Phi) is 2.52. The summed E-state index contributed by atoms with van der Waals surface area (Å²) in [6.07, 6.45) is 0. The van der Waals surface area contributed by atoms with Crippen LogP contribution in [0, 0.1) is 0 Å². The normalized spacial score (nSPS) is 10.7. The third kappa shape index (κ3) is 1.53. The number of rotatable bonds is 2. The maximum atomic E-state index is 9.34. The van der Waals surface area contributed by atoms with Gasteiger partial charge in [-0.2, -0.15) is 0 Å². The third-order valence-corrected chi connectivity index (χ3v) is 3.22. The summed E-state index contributed by atoms with van der Waals surface area (Å²) in [6, 6.07) is 5.15. The van der Waals surface area contributed by atoms with Gasteiger partial charge >= 0.3 is 0 Å². The van der Waals surface area contributed by atoms with Crippen LogP contribution in [0.25, 0.3) is 10.1 Å². The van der Waals surface area contributed by atoms with Gasteiger partial charge in [-0.1, -0.05) is 11.6 Å². The topological polar surface area (TPSA) is 29.5 Å². The molecule has 0 fully saturated rings. The van der Waals surface area contributed by atoms with Crippen LogP contribution in [-0.4, -0.2) is 11.7 Å². The quantitative estimate of drug-likeness (QED) is 0.850. The van der Waals surface area contributed by atoms with Gasteiger partial charge in [0.1, 0.15) is 10.1 Å². The first kappa shape index (κ1) is 9.62.